The van der Waals surface area contributed by atoms with E-state index in [-0.39, 0.29) is 0 Å². The van der Waals surface area contributed by atoms with Crippen molar-refractivity contribution in [2.75, 3.05) is 0 Å². The van der Waals surface area contributed by atoms with Crippen LogP contribution in [-0.2, 0) is 0 Å². The molecule has 14 heavy (non-hydrogen) atoms. The molecule has 1 rings (SSSR count). The number of carbonyl (C=O) groups is 1. The average molecular weight is 194 g/mol. The Morgan fingerprint density at radius 2 is 1.71 bits per heavy atom. The van der Waals surface area contributed by atoms with Gasteiger partial charge >= 0.3 is 6.16 Å². The normalized spacial score (nSPS) is 10.0. The molecule has 0 aromatic heterocycles. The monoisotopic (exact) mass is 194 g/mol. The smallest absolute Gasteiger partial charge is 0.449 e. The average Bonchev–Trinajstić information content (AvgIpc) is 2.10. The Morgan fingerprint density at radius 3 is 2.21 bits per heavy atom. The first-order chi connectivity index (χ1) is 6.43. The van der Waals surface area contributed by atoms with Crippen LogP contribution >= 0.6 is 0 Å². The molecule has 0 aliphatic heterocycles. The third-order valence-corrected chi connectivity index (χ3v) is 2.63. The maximum absolute atomic E-state index is 10.4. The van der Waals surface area contributed by atoms with Crippen LogP contribution in [0.5, 0.6) is 5.75 Å². The summed E-state index contributed by atoms with van der Waals surface area (Å²) in [6.07, 6.45) is -1.27. The maximum Gasteiger partial charge on any atom is 0.511 e. The molecule has 0 unspecified atom stereocenters. The molecule has 1 N–H and O–H groups in total. The second-order valence-electron chi connectivity index (χ2n) is 3.43. The SMILES string of the molecule is Cc1cc(OC(=O)O)c(C)c(C)c1C. The number of rotatable bonds is 1. The lowest BCUT2D eigenvalue weighted by Crippen LogP contribution is -2.06. The summed E-state index contributed by atoms with van der Waals surface area (Å²) in [5, 5.41) is 8.52. The van der Waals surface area contributed by atoms with Gasteiger partial charge in [-0.25, -0.2) is 4.79 Å². The van der Waals surface area contributed by atoms with Gasteiger partial charge in [-0.15, -0.1) is 0 Å². The van der Waals surface area contributed by atoms with Crippen LogP contribution in [0.1, 0.15) is 22.3 Å². The van der Waals surface area contributed by atoms with Gasteiger partial charge in [0.05, 0.1) is 0 Å². The van der Waals surface area contributed by atoms with E-state index in [1.807, 2.05) is 27.7 Å². The molecule has 0 atom stereocenters. The van der Waals surface area contributed by atoms with E-state index in [0.29, 0.717) is 5.75 Å². The standard InChI is InChI=1S/C11H14O3/c1-6-5-10(14-11(12)13)9(4)8(3)7(6)2/h5H,1-4H3,(H,12,13). The van der Waals surface area contributed by atoms with Crippen LogP contribution in [0.25, 0.3) is 0 Å². The predicted molar refractivity (Wildman–Crippen MR) is 54.0 cm³/mol. The van der Waals surface area contributed by atoms with Crippen LogP contribution in [0.4, 0.5) is 4.79 Å². The summed E-state index contributed by atoms with van der Waals surface area (Å²) in [6, 6.07) is 1.76. The summed E-state index contributed by atoms with van der Waals surface area (Å²) >= 11 is 0. The van der Waals surface area contributed by atoms with Gasteiger partial charge in [-0.05, 0) is 56.0 Å². The molecule has 1 aromatic carbocycles. The summed E-state index contributed by atoms with van der Waals surface area (Å²) in [6.45, 7) is 7.78. The third-order valence-electron chi connectivity index (χ3n) is 2.63. The van der Waals surface area contributed by atoms with Crippen molar-refractivity contribution in [2.24, 2.45) is 0 Å². The van der Waals surface area contributed by atoms with Crippen LogP contribution in [0.15, 0.2) is 6.07 Å². The van der Waals surface area contributed by atoms with E-state index >= 15 is 0 Å². The zero-order valence-electron chi connectivity index (χ0n) is 8.84. The lowest BCUT2D eigenvalue weighted by Gasteiger charge is -2.12. The van der Waals surface area contributed by atoms with Gasteiger partial charge in [0.15, 0.2) is 0 Å². The lowest BCUT2D eigenvalue weighted by molar-refractivity contribution is 0.144. The van der Waals surface area contributed by atoms with E-state index in [1.165, 1.54) is 5.56 Å². The highest BCUT2D eigenvalue weighted by atomic mass is 16.7. The summed E-state index contributed by atoms with van der Waals surface area (Å²) in [5.41, 5.74) is 4.20. The first kappa shape index (κ1) is 10.6. The molecule has 0 saturated carbocycles. The van der Waals surface area contributed by atoms with Gasteiger partial charge in [-0.3, -0.25) is 0 Å². The zero-order chi connectivity index (χ0) is 10.9. The third kappa shape index (κ3) is 1.87. The lowest BCUT2D eigenvalue weighted by atomic mass is 9.99. The summed E-state index contributed by atoms with van der Waals surface area (Å²) in [5.74, 6) is 0.429. The Kier molecular flexibility index (Phi) is 2.79. The number of benzene rings is 1. The van der Waals surface area contributed by atoms with E-state index in [9.17, 15) is 4.79 Å². The molecule has 76 valence electrons. The number of hydrogen-bond acceptors (Lipinski definition) is 2. The van der Waals surface area contributed by atoms with Crippen molar-refractivity contribution in [3.05, 3.63) is 28.3 Å². The van der Waals surface area contributed by atoms with Crippen LogP contribution in [-0.4, -0.2) is 11.3 Å². The van der Waals surface area contributed by atoms with Crippen molar-refractivity contribution in [1.82, 2.24) is 0 Å². The van der Waals surface area contributed by atoms with Crippen LogP contribution in [0, 0.1) is 27.7 Å². The minimum absolute atomic E-state index is 0.429. The highest BCUT2D eigenvalue weighted by molar-refractivity contribution is 5.63. The Hall–Kier alpha value is -1.51. The Morgan fingerprint density at radius 1 is 1.14 bits per heavy atom. The first-order valence-electron chi connectivity index (χ1n) is 4.41. The first-order valence-corrected chi connectivity index (χ1v) is 4.41. The largest absolute Gasteiger partial charge is 0.511 e. The van der Waals surface area contributed by atoms with Crippen molar-refractivity contribution >= 4 is 6.16 Å². The quantitative estimate of drug-likeness (QED) is 0.552. The molecule has 3 nitrogen and oxygen atoms in total. The molecule has 0 fully saturated rings. The molecule has 0 saturated heterocycles. The molecule has 1 aromatic rings. The van der Waals surface area contributed by atoms with E-state index in [2.05, 4.69) is 4.74 Å². The van der Waals surface area contributed by atoms with Crippen molar-refractivity contribution in [1.29, 1.82) is 0 Å². The van der Waals surface area contributed by atoms with Crippen molar-refractivity contribution in [3.63, 3.8) is 0 Å². The van der Waals surface area contributed by atoms with Gasteiger partial charge < -0.3 is 9.84 Å². The molecule has 0 spiro atoms. The fourth-order valence-corrected chi connectivity index (χ4v) is 1.38. The van der Waals surface area contributed by atoms with Crippen molar-refractivity contribution < 1.29 is 14.6 Å². The summed E-state index contributed by atoms with van der Waals surface area (Å²) in [7, 11) is 0. The molecule has 3 heteroatoms. The fourth-order valence-electron chi connectivity index (χ4n) is 1.38. The van der Waals surface area contributed by atoms with Crippen LogP contribution in [0.3, 0.4) is 0 Å². The van der Waals surface area contributed by atoms with Gasteiger partial charge in [0, 0.05) is 0 Å². The van der Waals surface area contributed by atoms with Crippen LogP contribution < -0.4 is 4.74 Å². The van der Waals surface area contributed by atoms with E-state index in [4.69, 9.17) is 5.11 Å². The minimum atomic E-state index is -1.27. The van der Waals surface area contributed by atoms with Crippen molar-refractivity contribution in [3.8, 4) is 5.75 Å². The second-order valence-corrected chi connectivity index (χ2v) is 3.43. The fraction of sp³-hybridized carbons (Fsp3) is 0.364. The van der Waals surface area contributed by atoms with Gasteiger partial charge in [0.25, 0.3) is 0 Å². The minimum Gasteiger partial charge on any atom is -0.449 e. The Labute approximate surface area is 83.3 Å². The molecule has 0 aliphatic carbocycles. The molecule has 0 amide bonds. The van der Waals surface area contributed by atoms with E-state index < -0.39 is 6.16 Å². The van der Waals surface area contributed by atoms with E-state index in [1.54, 1.807) is 6.07 Å². The molecular formula is C11H14O3. The zero-order valence-corrected chi connectivity index (χ0v) is 8.84. The van der Waals surface area contributed by atoms with E-state index in [0.717, 1.165) is 16.7 Å². The molecule has 0 bridgehead atoms. The van der Waals surface area contributed by atoms with Crippen LogP contribution in [0.2, 0.25) is 0 Å². The Bertz CT molecular complexity index is 381. The summed E-state index contributed by atoms with van der Waals surface area (Å²) < 4.78 is 4.68. The van der Waals surface area contributed by atoms with Crippen molar-refractivity contribution in [2.45, 2.75) is 27.7 Å². The molecule has 0 radical (unpaired) electrons. The number of carboxylic acid groups (broad SMARTS) is 1. The topological polar surface area (TPSA) is 46.5 Å². The van der Waals surface area contributed by atoms with Gasteiger partial charge in [0.2, 0.25) is 0 Å². The second kappa shape index (κ2) is 3.70. The Balaban J connectivity index is 3.25. The number of ether oxygens (including phenoxy) is 1. The molecular weight excluding hydrogens is 180 g/mol. The highest BCUT2D eigenvalue weighted by Gasteiger charge is 2.10. The maximum atomic E-state index is 10.4. The highest BCUT2D eigenvalue weighted by Crippen LogP contribution is 2.26. The summed E-state index contributed by atoms with van der Waals surface area (Å²) in [4.78, 5) is 10.4. The number of hydrogen-bond donors (Lipinski definition) is 1. The number of aryl methyl sites for hydroxylation is 1. The molecule has 0 heterocycles. The van der Waals surface area contributed by atoms with Gasteiger partial charge in [-0.2, -0.15) is 0 Å². The predicted octanol–water partition coefficient (Wildman–Crippen LogP) is 2.98. The van der Waals surface area contributed by atoms with Gasteiger partial charge in [-0.1, -0.05) is 0 Å². The molecule has 0 aliphatic rings. The van der Waals surface area contributed by atoms with Gasteiger partial charge in [0.1, 0.15) is 5.75 Å².